The maximum absolute atomic E-state index is 13.3. The average Bonchev–Trinajstić information content (AvgIpc) is 2.79. The first-order chi connectivity index (χ1) is 14.9. The number of methoxy groups -OCH3 is 1. The van der Waals surface area contributed by atoms with Gasteiger partial charge in [0, 0.05) is 16.1 Å². The lowest BCUT2D eigenvalue weighted by Crippen LogP contribution is -2.39. The number of amides is 1. The summed E-state index contributed by atoms with van der Waals surface area (Å²) in [6.07, 6.45) is 1.48. The fourth-order valence-corrected chi connectivity index (χ4v) is 4.54. The molecule has 0 aliphatic rings. The molecule has 3 rings (SSSR count). The van der Waals surface area contributed by atoms with Gasteiger partial charge < -0.3 is 4.74 Å². The molecule has 1 amide bonds. The van der Waals surface area contributed by atoms with E-state index in [-0.39, 0.29) is 4.90 Å². The summed E-state index contributed by atoms with van der Waals surface area (Å²) < 4.78 is 33.6. The van der Waals surface area contributed by atoms with Crippen LogP contribution in [0.1, 0.15) is 5.56 Å². The summed E-state index contributed by atoms with van der Waals surface area (Å²) in [5.74, 6) is -0.122. The van der Waals surface area contributed by atoms with Crippen molar-refractivity contribution in [1.29, 1.82) is 0 Å². The van der Waals surface area contributed by atoms with Crippen molar-refractivity contribution in [1.82, 2.24) is 5.43 Å². The van der Waals surface area contributed by atoms with Crippen LogP contribution in [-0.2, 0) is 14.8 Å². The van der Waals surface area contributed by atoms with E-state index in [1.54, 1.807) is 42.5 Å². The highest BCUT2D eigenvalue weighted by atomic mass is 79.9. The van der Waals surface area contributed by atoms with Gasteiger partial charge in [0.15, 0.2) is 0 Å². The minimum Gasteiger partial charge on any atom is -0.497 e. The monoisotopic (exact) mass is 501 g/mol. The molecule has 0 aliphatic carbocycles. The van der Waals surface area contributed by atoms with Crippen molar-refractivity contribution < 1.29 is 17.9 Å². The number of hydrazone groups is 1. The lowest BCUT2D eigenvalue weighted by atomic mass is 10.2. The fraction of sp³-hybridized carbons (Fsp3) is 0.0909. The van der Waals surface area contributed by atoms with Gasteiger partial charge in [-0.3, -0.25) is 9.10 Å². The van der Waals surface area contributed by atoms with E-state index in [1.807, 2.05) is 24.3 Å². The number of hydrogen-bond acceptors (Lipinski definition) is 5. The van der Waals surface area contributed by atoms with Gasteiger partial charge in [-0.1, -0.05) is 58.4 Å². The molecule has 0 aromatic heterocycles. The fourth-order valence-electron chi connectivity index (χ4n) is 2.72. The molecule has 0 atom stereocenters. The minimum atomic E-state index is -4.00. The number of rotatable bonds is 8. The highest BCUT2D eigenvalue weighted by Crippen LogP contribution is 2.26. The van der Waals surface area contributed by atoms with Crippen molar-refractivity contribution in [2.24, 2.45) is 5.10 Å². The third-order valence-corrected chi connectivity index (χ3v) is 6.77. The second kappa shape index (κ2) is 10.2. The normalized spacial score (nSPS) is 11.3. The molecule has 0 heterocycles. The van der Waals surface area contributed by atoms with Crippen LogP contribution in [0.25, 0.3) is 0 Å². The maximum Gasteiger partial charge on any atom is 0.264 e. The SMILES string of the molecule is COc1cccc(N(CC(=O)N/N=C\c2ccccc2Br)S(=O)(=O)c2ccccc2)c1. The van der Waals surface area contributed by atoms with Gasteiger partial charge in [-0.15, -0.1) is 0 Å². The Bertz CT molecular complexity index is 1180. The van der Waals surface area contributed by atoms with E-state index in [0.717, 1.165) is 14.3 Å². The van der Waals surface area contributed by atoms with Gasteiger partial charge in [0.25, 0.3) is 15.9 Å². The lowest BCUT2D eigenvalue weighted by Gasteiger charge is -2.24. The number of nitrogens with one attached hydrogen (secondary N) is 1. The van der Waals surface area contributed by atoms with E-state index in [4.69, 9.17) is 4.74 Å². The predicted molar refractivity (Wildman–Crippen MR) is 124 cm³/mol. The standard InChI is InChI=1S/C22H20BrN3O4S/c1-30-19-10-7-9-18(14-19)26(31(28,29)20-11-3-2-4-12-20)16-22(27)25-24-15-17-8-5-6-13-21(17)23/h2-15H,16H2,1H3,(H,25,27)/b24-15-. The molecule has 3 aromatic rings. The first-order valence-electron chi connectivity index (χ1n) is 9.20. The zero-order chi connectivity index (χ0) is 22.3. The van der Waals surface area contributed by atoms with E-state index >= 15 is 0 Å². The van der Waals surface area contributed by atoms with Gasteiger partial charge >= 0.3 is 0 Å². The molecule has 7 nitrogen and oxygen atoms in total. The van der Waals surface area contributed by atoms with Crippen molar-refractivity contribution in [2.75, 3.05) is 18.0 Å². The molecule has 0 aliphatic heterocycles. The minimum absolute atomic E-state index is 0.0716. The molecule has 0 radical (unpaired) electrons. The summed E-state index contributed by atoms with van der Waals surface area (Å²) in [4.78, 5) is 12.6. The van der Waals surface area contributed by atoms with E-state index in [0.29, 0.717) is 11.4 Å². The number of nitrogens with zero attached hydrogens (tertiary/aromatic N) is 2. The second-order valence-electron chi connectivity index (χ2n) is 6.34. The molecule has 31 heavy (non-hydrogen) atoms. The summed E-state index contributed by atoms with van der Waals surface area (Å²) in [5.41, 5.74) is 3.45. The Balaban J connectivity index is 1.86. The quantitative estimate of drug-likeness (QED) is 0.375. The topological polar surface area (TPSA) is 88.1 Å². The Morgan fingerprint density at radius 1 is 1.06 bits per heavy atom. The highest BCUT2D eigenvalue weighted by molar-refractivity contribution is 9.10. The zero-order valence-corrected chi connectivity index (χ0v) is 19.0. The molecule has 0 bridgehead atoms. The van der Waals surface area contributed by atoms with Crippen LogP contribution in [0.4, 0.5) is 5.69 Å². The van der Waals surface area contributed by atoms with E-state index in [1.165, 1.54) is 25.5 Å². The van der Waals surface area contributed by atoms with Crippen molar-refractivity contribution in [2.45, 2.75) is 4.90 Å². The number of anilines is 1. The lowest BCUT2D eigenvalue weighted by molar-refractivity contribution is -0.119. The van der Waals surface area contributed by atoms with Crippen LogP contribution < -0.4 is 14.5 Å². The first kappa shape index (κ1) is 22.5. The molecule has 160 valence electrons. The zero-order valence-electron chi connectivity index (χ0n) is 16.6. The number of ether oxygens (including phenoxy) is 1. The van der Waals surface area contributed by atoms with E-state index in [9.17, 15) is 13.2 Å². The Labute approximate surface area is 189 Å². The van der Waals surface area contributed by atoms with E-state index in [2.05, 4.69) is 26.5 Å². The van der Waals surface area contributed by atoms with Crippen LogP contribution in [0.5, 0.6) is 5.75 Å². The Morgan fingerprint density at radius 3 is 2.48 bits per heavy atom. The number of halogens is 1. The predicted octanol–water partition coefficient (Wildman–Crippen LogP) is 3.80. The number of benzene rings is 3. The number of hydrogen-bond donors (Lipinski definition) is 1. The van der Waals surface area contributed by atoms with Gasteiger partial charge in [0.1, 0.15) is 12.3 Å². The number of carbonyl (C=O) groups excluding carboxylic acids is 1. The molecule has 0 saturated carbocycles. The van der Waals surface area contributed by atoms with Gasteiger partial charge in [0.05, 0.1) is 23.9 Å². The van der Waals surface area contributed by atoms with Crippen molar-refractivity contribution in [3.63, 3.8) is 0 Å². The van der Waals surface area contributed by atoms with Gasteiger partial charge in [-0.25, -0.2) is 13.8 Å². The highest BCUT2D eigenvalue weighted by Gasteiger charge is 2.27. The number of sulfonamides is 1. The molecule has 1 N–H and O–H groups in total. The molecule has 0 unspecified atom stereocenters. The summed E-state index contributed by atoms with van der Waals surface area (Å²) in [5, 5.41) is 3.94. The summed E-state index contributed by atoms with van der Waals surface area (Å²) >= 11 is 3.40. The Kier molecular flexibility index (Phi) is 7.43. The molecule has 9 heteroatoms. The van der Waals surface area contributed by atoms with Crippen LogP contribution in [0.3, 0.4) is 0 Å². The van der Waals surface area contributed by atoms with Crippen molar-refractivity contribution >= 4 is 43.8 Å². The van der Waals surface area contributed by atoms with Crippen LogP contribution in [-0.4, -0.2) is 34.2 Å². The Hall–Kier alpha value is -3.17. The summed E-state index contributed by atoms with van der Waals surface area (Å²) in [6, 6.07) is 21.8. The van der Waals surface area contributed by atoms with Crippen LogP contribution in [0, 0.1) is 0 Å². The van der Waals surface area contributed by atoms with Gasteiger partial charge in [0.2, 0.25) is 0 Å². The number of carbonyl (C=O) groups is 1. The summed E-state index contributed by atoms with van der Waals surface area (Å²) in [7, 11) is -2.52. The van der Waals surface area contributed by atoms with Gasteiger partial charge in [-0.2, -0.15) is 5.10 Å². The molecule has 0 spiro atoms. The third-order valence-electron chi connectivity index (χ3n) is 4.26. The smallest absolute Gasteiger partial charge is 0.264 e. The Morgan fingerprint density at radius 2 is 1.77 bits per heavy atom. The van der Waals surface area contributed by atoms with Crippen molar-refractivity contribution in [3.05, 3.63) is 88.9 Å². The van der Waals surface area contributed by atoms with Crippen molar-refractivity contribution in [3.8, 4) is 5.75 Å². The third kappa shape index (κ3) is 5.71. The van der Waals surface area contributed by atoms with E-state index < -0.39 is 22.5 Å². The molecule has 0 fully saturated rings. The summed E-state index contributed by atoms with van der Waals surface area (Å²) in [6.45, 7) is -0.461. The van der Waals surface area contributed by atoms with Gasteiger partial charge in [-0.05, 0) is 30.3 Å². The maximum atomic E-state index is 13.3. The molecular weight excluding hydrogens is 482 g/mol. The second-order valence-corrected chi connectivity index (χ2v) is 9.06. The molecular formula is C22H20BrN3O4S. The first-order valence-corrected chi connectivity index (χ1v) is 11.4. The van der Waals surface area contributed by atoms with Crippen LogP contribution in [0.15, 0.2) is 93.3 Å². The molecule has 3 aromatic carbocycles. The van der Waals surface area contributed by atoms with Crippen LogP contribution >= 0.6 is 15.9 Å². The van der Waals surface area contributed by atoms with Crippen LogP contribution in [0.2, 0.25) is 0 Å². The largest absolute Gasteiger partial charge is 0.497 e. The molecule has 0 saturated heterocycles. The average molecular weight is 502 g/mol.